The third-order valence-electron chi connectivity index (χ3n) is 1.57. The van der Waals surface area contributed by atoms with Crippen molar-refractivity contribution in [2.24, 2.45) is 0 Å². The zero-order valence-corrected chi connectivity index (χ0v) is 6.03. The van der Waals surface area contributed by atoms with Crippen molar-refractivity contribution in [2.45, 2.75) is 25.5 Å². The Bertz CT molecular complexity index is 191. The van der Waals surface area contributed by atoms with Crippen molar-refractivity contribution in [3.05, 3.63) is 0 Å². The van der Waals surface area contributed by atoms with E-state index in [2.05, 4.69) is 10.1 Å². The molecule has 2 atom stereocenters. The van der Waals surface area contributed by atoms with E-state index in [0.29, 0.717) is 6.42 Å². The molecule has 1 heterocycles. The van der Waals surface area contributed by atoms with Gasteiger partial charge in [-0.2, -0.15) is 0 Å². The van der Waals surface area contributed by atoms with E-state index in [-0.39, 0.29) is 0 Å². The second-order valence-corrected chi connectivity index (χ2v) is 2.31. The first kappa shape index (κ1) is 7.84. The Morgan fingerprint density at radius 2 is 2.45 bits per heavy atom. The molecule has 1 saturated heterocycles. The highest BCUT2D eigenvalue weighted by Gasteiger charge is 2.37. The van der Waals surface area contributed by atoms with Crippen LogP contribution in [-0.4, -0.2) is 29.3 Å². The SMILES string of the molecule is CCC1OC(=O)NC1C(=O)O. The zero-order valence-electron chi connectivity index (χ0n) is 6.03. The van der Waals surface area contributed by atoms with Crippen LogP contribution in [0.15, 0.2) is 0 Å². The predicted molar refractivity (Wildman–Crippen MR) is 35.1 cm³/mol. The fourth-order valence-corrected chi connectivity index (χ4v) is 0.999. The largest absolute Gasteiger partial charge is 0.480 e. The Morgan fingerprint density at radius 1 is 1.82 bits per heavy atom. The maximum atomic E-state index is 10.5. The van der Waals surface area contributed by atoms with Gasteiger partial charge in [-0.05, 0) is 6.42 Å². The molecule has 5 nitrogen and oxygen atoms in total. The second-order valence-electron chi connectivity index (χ2n) is 2.31. The molecule has 0 spiro atoms. The monoisotopic (exact) mass is 159 g/mol. The molecule has 0 bridgehead atoms. The third-order valence-corrected chi connectivity index (χ3v) is 1.57. The summed E-state index contributed by atoms with van der Waals surface area (Å²) in [5.74, 6) is -1.05. The average Bonchev–Trinajstić information content (AvgIpc) is 2.30. The lowest BCUT2D eigenvalue weighted by Crippen LogP contribution is -2.38. The number of hydrogen-bond donors (Lipinski definition) is 2. The van der Waals surface area contributed by atoms with Crippen molar-refractivity contribution in [3.8, 4) is 0 Å². The highest BCUT2D eigenvalue weighted by Crippen LogP contribution is 2.11. The number of carbonyl (C=O) groups is 2. The summed E-state index contributed by atoms with van der Waals surface area (Å²) in [6.07, 6.45) is -0.667. The van der Waals surface area contributed by atoms with Crippen LogP contribution < -0.4 is 5.32 Å². The summed E-state index contributed by atoms with van der Waals surface area (Å²) in [6, 6.07) is -0.882. The van der Waals surface area contributed by atoms with Crippen LogP contribution in [0.3, 0.4) is 0 Å². The normalized spacial score (nSPS) is 29.4. The maximum absolute atomic E-state index is 10.5. The molecular formula is C6H9NO4. The Labute approximate surface area is 63.3 Å². The minimum Gasteiger partial charge on any atom is -0.480 e. The maximum Gasteiger partial charge on any atom is 0.408 e. The molecule has 0 radical (unpaired) electrons. The lowest BCUT2D eigenvalue weighted by atomic mass is 10.1. The number of ether oxygens (including phenoxy) is 1. The molecule has 0 aromatic rings. The summed E-state index contributed by atoms with van der Waals surface area (Å²) in [7, 11) is 0. The number of alkyl carbamates (subject to hydrolysis) is 1. The molecule has 62 valence electrons. The number of hydrogen-bond acceptors (Lipinski definition) is 3. The van der Waals surface area contributed by atoms with Gasteiger partial charge in [0.15, 0.2) is 6.04 Å². The van der Waals surface area contributed by atoms with Crippen molar-refractivity contribution >= 4 is 12.1 Å². The highest BCUT2D eigenvalue weighted by atomic mass is 16.6. The number of carboxylic acid groups (broad SMARTS) is 1. The van der Waals surface area contributed by atoms with Crippen LogP contribution in [-0.2, 0) is 9.53 Å². The van der Waals surface area contributed by atoms with Crippen molar-refractivity contribution in [3.63, 3.8) is 0 Å². The van der Waals surface area contributed by atoms with Crippen LogP contribution >= 0.6 is 0 Å². The molecule has 0 aliphatic carbocycles. The number of aliphatic carboxylic acids is 1. The van der Waals surface area contributed by atoms with Gasteiger partial charge in [-0.3, -0.25) is 0 Å². The van der Waals surface area contributed by atoms with E-state index < -0.39 is 24.2 Å². The highest BCUT2D eigenvalue weighted by molar-refractivity contribution is 5.83. The molecule has 1 aliphatic heterocycles. The second kappa shape index (κ2) is 2.77. The Kier molecular flexibility index (Phi) is 1.98. The molecule has 0 aromatic heterocycles. The van der Waals surface area contributed by atoms with Crippen LogP contribution in [0.25, 0.3) is 0 Å². The lowest BCUT2D eigenvalue weighted by Gasteiger charge is -2.08. The van der Waals surface area contributed by atoms with Crippen LogP contribution in [0.1, 0.15) is 13.3 Å². The van der Waals surface area contributed by atoms with Crippen molar-refractivity contribution in [1.29, 1.82) is 0 Å². The van der Waals surface area contributed by atoms with Gasteiger partial charge >= 0.3 is 12.1 Å². The van der Waals surface area contributed by atoms with E-state index in [1.807, 2.05) is 0 Å². The first-order valence-corrected chi connectivity index (χ1v) is 3.35. The number of carboxylic acids is 1. The smallest absolute Gasteiger partial charge is 0.408 e. The van der Waals surface area contributed by atoms with E-state index in [4.69, 9.17) is 5.11 Å². The van der Waals surface area contributed by atoms with Gasteiger partial charge in [-0.15, -0.1) is 0 Å². The summed E-state index contributed by atoms with van der Waals surface area (Å²) in [6.45, 7) is 1.76. The molecule has 1 aliphatic rings. The Balaban J connectivity index is 2.64. The fourth-order valence-electron chi connectivity index (χ4n) is 0.999. The van der Waals surface area contributed by atoms with E-state index in [1.54, 1.807) is 6.92 Å². The van der Waals surface area contributed by atoms with Crippen molar-refractivity contribution in [1.82, 2.24) is 5.32 Å². The van der Waals surface area contributed by atoms with Gasteiger partial charge in [-0.25, -0.2) is 9.59 Å². The molecule has 0 aromatic carbocycles. The number of amides is 1. The van der Waals surface area contributed by atoms with Crippen LogP contribution in [0.4, 0.5) is 4.79 Å². The van der Waals surface area contributed by atoms with Crippen LogP contribution in [0, 0.1) is 0 Å². The van der Waals surface area contributed by atoms with E-state index in [0.717, 1.165) is 0 Å². The first-order chi connectivity index (χ1) is 5.15. The van der Waals surface area contributed by atoms with Gasteiger partial charge in [0.05, 0.1) is 0 Å². The van der Waals surface area contributed by atoms with Gasteiger partial charge in [0.2, 0.25) is 0 Å². The lowest BCUT2D eigenvalue weighted by molar-refractivity contribution is -0.140. The van der Waals surface area contributed by atoms with Crippen molar-refractivity contribution < 1.29 is 19.4 Å². The third kappa shape index (κ3) is 1.42. The molecular weight excluding hydrogens is 150 g/mol. The molecule has 2 unspecified atom stereocenters. The quantitative estimate of drug-likeness (QED) is 0.592. The number of rotatable bonds is 2. The molecule has 1 rings (SSSR count). The van der Waals surface area contributed by atoms with Gasteiger partial charge < -0.3 is 15.2 Å². The van der Waals surface area contributed by atoms with E-state index in [9.17, 15) is 9.59 Å². The van der Waals surface area contributed by atoms with Gasteiger partial charge in [0, 0.05) is 0 Å². The van der Waals surface area contributed by atoms with Crippen LogP contribution in [0.5, 0.6) is 0 Å². The molecule has 2 N–H and O–H groups in total. The molecule has 1 fully saturated rings. The fraction of sp³-hybridized carbons (Fsp3) is 0.667. The van der Waals surface area contributed by atoms with Gasteiger partial charge in [0.1, 0.15) is 6.10 Å². The first-order valence-electron chi connectivity index (χ1n) is 3.35. The summed E-state index contributed by atoms with van der Waals surface area (Å²) >= 11 is 0. The number of carbonyl (C=O) groups excluding carboxylic acids is 1. The topological polar surface area (TPSA) is 75.6 Å². The molecule has 11 heavy (non-hydrogen) atoms. The minimum absolute atomic E-state index is 0.510. The summed E-state index contributed by atoms with van der Waals surface area (Å²) in [5.41, 5.74) is 0. The number of nitrogens with one attached hydrogen (secondary N) is 1. The number of cyclic esters (lactones) is 1. The summed E-state index contributed by atoms with van der Waals surface area (Å²) in [4.78, 5) is 21.0. The minimum atomic E-state index is -1.05. The molecule has 5 heteroatoms. The Hall–Kier alpha value is -1.26. The van der Waals surface area contributed by atoms with Crippen LogP contribution in [0.2, 0.25) is 0 Å². The van der Waals surface area contributed by atoms with Gasteiger partial charge in [0.25, 0.3) is 0 Å². The van der Waals surface area contributed by atoms with E-state index >= 15 is 0 Å². The molecule has 1 amide bonds. The van der Waals surface area contributed by atoms with Gasteiger partial charge in [-0.1, -0.05) is 6.92 Å². The molecule has 0 saturated carbocycles. The predicted octanol–water partition coefficient (Wildman–Crippen LogP) is -0.0420. The van der Waals surface area contributed by atoms with E-state index in [1.165, 1.54) is 0 Å². The summed E-state index contributed by atoms with van der Waals surface area (Å²) < 4.78 is 4.65. The average molecular weight is 159 g/mol. The zero-order chi connectivity index (χ0) is 8.43. The van der Waals surface area contributed by atoms with Crippen molar-refractivity contribution in [2.75, 3.05) is 0 Å². The summed E-state index contributed by atoms with van der Waals surface area (Å²) in [5, 5.41) is 10.7. The Morgan fingerprint density at radius 3 is 2.82 bits per heavy atom. The standard InChI is InChI=1S/C6H9NO4/c1-2-3-4(5(8)9)7-6(10)11-3/h3-4H,2H2,1H3,(H,7,10)(H,8,9).